The molecule has 1 saturated carbocycles. The minimum absolute atomic E-state index is 0.110. The molecular formula is C16H22ClN5O2. The molecule has 3 heterocycles. The van der Waals surface area contributed by atoms with Crippen LogP contribution in [0.25, 0.3) is 5.52 Å². The second-order valence-electron chi connectivity index (χ2n) is 7.59. The summed E-state index contributed by atoms with van der Waals surface area (Å²) in [7, 11) is 0. The Labute approximate surface area is 145 Å². The number of nitrogens with zero attached hydrogens (tertiary/aromatic N) is 4. The van der Waals surface area contributed by atoms with Gasteiger partial charge < -0.3 is 15.2 Å². The number of hydrogen-bond donors (Lipinski definition) is 2. The van der Waals surface area contributed by atoms with Crippen LogP contribution in [0.15, 0.2) is 6.20 Å². The zero-order chi connectivity index (χ0) is 16.9. The predicted octanol–water partition coefficient (Wildman–Crippen LogP) is 2.24. The van der Waals surface area contributed by atoms with Gasteiger partial charge in [0.25, 0.3) is 0 Å². The van der Waals surface area contributed by atoms with E-state index < -0.39 is 6.10 Å². The molecule has 2 N–H and O–H groups in total. The molecule has 2 unspecified atom stereocenters. The Morgan fingerprint density at radius 3 is 2.92 bits per heavy atom. The molecule has 1 saturated heterocycles. The Morgan fingerprint density at radius 2 is 2.21 bits per heavy atom. The lowest BCUT2D eigenvalue weighted by molar-refractivity contribution is -0.0136. The van der Waals surface area contributed by atoms with E-state index in [1.54, 1.807) is 10.7 Å². The summed E-state index contributed by atoms with van der Waals surface area (Å²) in [5.74, 6) is 1.74. The summed E-state index contributed by atoms with van der Waals surface area (Å²) in [6, 6.07) is -0.110. The molecule has 0 amide bonds. The average Bonchev–Trinajstić information content (AvgIpc) is 2.84. The summed E-state index contributed by atoms with van der Waals surface area (Å²) in [4.78, 5) is 8.83. The third-order valence-electron chi connectivity index (χ3n) is 4.98. The Kier molecular flexibility index (Phi) is 3.89. The van der Waals surface area contributed by atoms with E-state index in [1.807, 2.05) is 0 Å². The number of ether oxygens (including phenoxy) is 1. The Hall–Kier alpha value is -1.44. The Balaban J connectivity index is 1.62. The van der Waals surface area contributed by atoms with Crippen LogP contribution < -0.4 is 5.32 Å². The van der Waals surface area contributed by atoms with E-state index in [1.165, 1.54) is 0 Å². The molecule has 130 valence electrons. The van der Waals surface area contributed by atoms with Crippen molar-refractivity contribution in [3.8, 4) is 0 Å². The van der Waals surface area contributed by atoms with E-state index in [4.69, 9.17) is 16.3 Å². The van der Waals surface area contributed by atoms with E-state index in [-0.39, 0.29) is 6.04 Å². The van der Waals surface area contributed by atoms with Crippen molar-refractivity contribution in [2.75, 3.05) is 18.5 Å². The van der Waals surface area contributed by atoms with Gasteiger partial charge >= 0.3 is 0 Å². The van der Waals surface area contributed by atoms with Crippen molar-refractivity contribution in [1.82, 2.24) is 19.6 Å². The second kappa shape index (κ2) is 5.82. The van der Waals surface area contributed by atoms with Gasteiger partial charge in [0.2, 0.25) is 5.95 Å². The minimum Gasteiger partial charge on any atom is -0.389 e. The van der Waals surface area contributed by atoms with Gasteiger partial charge in [0.1, 0.15) is 11.3 Å². The van der Waals surface area contributed by atoms with Crippen molar-refractivity contribution >= 4 is 23.1 Å². The van der Waals surface area contributed by atoms with Gasteiger partial charge in [0, 0.05) is 12.5 Å². The number of hydrogen-bond acceptors (Lipinski definition) is 6. The first kappa shape index (κ1) is 16.1. The fraction of sp³-hybridized carbons (Fsp3) is 0.688. The van der Waals surface area contributed by atoms with Gasteiger partial charge in [-0.1, -0.05) is 25.4 Å². The number of anilines is 1. The number of aliphatic hydroxyl groups is 1. The van der Waals surface area contributed by atoms with Crippen molar-refractivity contribution in [2.45, 2.75) is 51.2 Å². The van der Waals surface area contributed by atoms with Gasteiger partial charge in [-0.3, -0.25) is 0 Å². The third kappa shape index (κ3) is 2.85. The molecule has 4 rings (SSSR count). The van der Waals surface area contributed by atoms with Gasteiger partial charge in [-0.25, -0.2) is 14.5 Å². The topological polar surface area (TPSA) is 84.6 Å². The summed E-state index contributed by atoms with van der Waals surface area (Å²) < 4.78 is 7.05. The summed E-state index contributed by atoms with van der Waals surface area (Å²) in [5, 5.41) is 18.2. The number of aromatic nitrogens is 4. The first-order chi connectivity index (χ1) is 11.4. The summed E-state index contributed by atoms with van der Waals surface area (Å²) in [6.45, 7) is 5.47. The highest BCUT2D eigenvalue weighted by Crippen LogP contribution is 2.50. The first-order valence-corrected chi connectivity index (χ1v) is 8.74. The van der Waals surface area contributed by atoms with E-state index in [0.29, 0.717) is 35.6 Å². The summed E-state index contributed by atoms with van der Waals surface area (Å²) >= 11 is 6.25. The molecule has 2 aromatic heterocycles. The van der Waals surface area contributed by atoms with Crippen molar-refractivity contribution in [2.24, 2.45) is 5.41 Å². The van der Waals surface area contributed by atoms with Crippen LogP contribution >= 0.6 is 11.6 Å². The number of nitrogens with one attached hydrogen (secondary N) is 1. The van der Waals surface area contributed by atoms with Crippen LogP contribution in [0.5, 0.6) is 0 Å². The monoisotopic (exact) mass is 351 g/mol. The smallest absolute Gasteiger partial charge is 0.241 e. The molecule has 0 bridgehead atoms. The SMILES string of the molecule is CC1(C)CC(c2nc(Cl)c3cnc(NC4CCOCC4O)nn23)C1. The highest BCUT2D eigenvalue weighted by Gasteiger charge is 2.39. The number of fused-ring (bicyclic) bond motifs is 1. The lowest BCUT2D eigenvalue weighted by Crippen LogP contribution is -2.42. The summed E-state index contributed by atoms with van der Waals surface area (Å²) in [5.41, 5.74) is 1.07. The maximum Gasteiger partial charge on any atom is 0.241 e. The van der Waals surface area contributed by atoms with Crippen LogP contribution in [-0.4, -0.2) is 50.0 Å². The molecule has 0 spiro atoms. The normalized spacial score (nSPS) is 27.2. The molecule has 24 heavy (non-hydrogen) atoms. The standard InChI is InChI=1S/C16H22ClN5O2/c1-16(2)5-9(6-16)14-20-13(17)11-7-18-15(21-22(11)14)19-10-3-4-24-8-12(10)23/h7,9-10,12,23H,3-6,8H2,1-2H3,(H,19,21). The van der Waals surface area contributed by atoms with Crippen LogP contribution in [0, 0.1) is 5.41 Å². The molecule has 7 nitrogen and oxygen atoms in total. The Morgan fingerprint density at radius 1 is 1.42 bits per heavy atom. The van der Waals surface area contributed by atoms with Crippen molar-refractivity contribution in [1.29, 1.82) is 0 Å². The van der Waals surface area contributed by atoms with Gasteiger partial charge in [-0.2, -0.15) is 0 Å². The lowest BCUT2D eigenvalue weighted by atomic mass is 9.64. The third-order valence-corrected chi connectivity index (χ3v) is 5.26. The van der Waals surface area contributed by atoms with Crippen LogP contribution in [0.1, 0.15) is 44.9 Å². The van der Waals surface area contributed by atoms with Crippen LogP contribution in [0.2, 0.25) is 5.15 Å². The second-order valence-corrected chi connectivity index (χ2v) is 7.95. The highest BCUT2D eigenvalue weighted by atomic mass is 35.5. The van der Waals surface area contributed by atoms with E-state index >= 15 is 0 Å². The zero-order valence-electron chi connectivity index (χ0n) is 13.9. The number of aliphatic hydroxyl groups excluding tert-OH is 1. The highest BCUT2D eigenvalue weighted by molar-refractivity contribution is 6.32. The van der Waals surface area contributed by atoms with Gasteiger partial charge in [-0.15, -0.1) is 5.10 Å². The average molecular weight is 352 g/mol. The molecule has 0 aromatic carbocycles. The maximum absolute atomic E-state index is 10.0. The van der Waals surface area contributed by atoms with Crippen LogP contribution in [0.3, 0.4) is 0 Å². The summed E-state index contributed by atoms with van der Waals surface area (Å²) in [6.07, 6.45) is 4.00. The van der Waals surface area contributed by atoms with Gasteiger partial charge in [-0.05, 0) is 24.7 Å². The molecule has 8 heteroatoms. The van der Waals surface area contributed by atoms with Gasteiger partial charge in [0.05, 0.1) is 24.9 Å². The van der Waals surface area contributed by atoms with Crippen molar-refractivity contribution in [3.63, 3.8) is 0 Å². The molecule has 1 aliphatic heterocycles. The van der Waals surface area contributed by atoms with Crippen molar-refractivity contribution in [3.05, 3.63) is 17.2 Å². The largest absolute Gasteiger partial charge is 0.389 e. The van der Waals surface area contributed by atoms with Crippen LogP contribution in [-0.2, 0) is 4.74 Å². The first-order valence-electron chi connectivity index (χ1n) is 8.36. The van der Waals surface area contributed by atoms with E-state index in [9.17, 15) is 5.11 Å². The fourth-order valence-electron chi connectivity index (χ4n) is 3.72. The molecular weight excluding hydrogens is 330 g/mol. The molecule has 2 atom stereocenters. The minimum atomic E-state index is -0.559. The molecule has 2 fully saturated rings. The van der Waals surface area contributed by atoms with E-state index in [0.717, 1.165) is 30.6 Å². The number of halogens is 1. The predicted molar refractivity (Wildman–Crippen MR) is 90.4 cm³/mol. The Bertz CT molecular complexity index is 754. The zero-order valence-corrected chi connectivity index (χ0v) is 14.6. The molecule has 1 aliphatic carbocycles. The quantitative estimate of drug-likeness (QED) is 0.882. The molecule has 2 aliphatic rings. The maximum atomic E-state index is 10.0. The van der Waals surface area contributed by atoms with Crippen LogP contribution in [0.4, 0.5) is 5.95 Å². The van der Waals surface area contributed by atoms with Gasteiger partial charge in [0.15, 0.2) is 5.15 Å². The molecule has 0 radical (unpaired) electrons. The fourth-order valence-corrected chi connectivity index (χ4v) is 3.93. The van der Waals surface area contributed by atoms with E-state index in [2.05, 4.69) is 34.2 Å². The van der Waals surface area contributed by atoms with Crippen molar-refractivity contribution < 1.29 is 9.84 Å². The molecule has 2 aromatic rings. The lowest BCUT2D eigenvalue weighted by Gasteiger charge is -2.41. The number of imidazole rings is 1. The number of rotatable bonds is 3.